The quantitative estimate of drug-likeness (QED) is 0.750. The molecule has 2 aromatic rings. The maximum absolute atomic E-state index is 13.2. The number of carbonyl (C=O) groups is 1. The Balaban J connectivity index is 1.51. The Kier molecular flexibility index (Phi) is 5.48. The van der Waals surface area contributed by atoms with Gasteiger partial charge in [-0.3, -0.25) is 9.48 Å². The number of hydrogen-bond acceptors (Lipinski definition) is 4. The van der Waals surface area contributed by atoms with E-state index in [-0.39, 0.29) is 11.8 Å². The van der Waals surface area contributed by atoms with E-state index in [1.807, 2.05) is 44.6 Å². The van der Waals surface area contributed by atoms with Crippen LogP contribution in [0, 0.1) is 20.8 Å². The molecule has 0 saturated carbocycles. The molecule has 1 fully saturated rings. The van der Waals surface area contributed by atoms with Crippen LogP contribution in [0.15, 0.2) is 23.1 Å². The summed E-state index contributed by atoms with van der Waals surface area (Å²) in [4.78, 5) is 14.7. The smallest absolute Gasteiger partial charge is 0.271 e. The number of benzene rings is 1. The maximum atomic E-state index is 13.2. The molecule has 4 rings (SSSR count). The highest BCUT2D eigenvalue weighted by molar-refractivity contribution is 7.89. The highest BCUT2D eigenvalue weighted by Crippen LogP contribution is 2.32. The molecule has 8 heteroatoms. The summed E-state index contributed by atoms with van der Waals surface area (Å²) in [6, 6.07) is 5.65. The van der Waals surface area contributed by atoms with Crippen LogP contribution in [-0.4, -0.2) is 60.0 Å². The number of piperidine rings is 1. The van der Waals surface area contributed by atoms with E-state index in [0.717, 1.165) is 41.9 Å². The summed E-state index contributed by atoms with van der Waals surface area (Å²) in [5.41, 5.74) is 4.44. The third kappa shape index (κ3) is 3.67. The summed E-state index contributed by atoms with van der Waals surface area (Å²) in [5.74, 6) is 0.186. The van der Waals surface area contributed by atoms with Gasteiger partial charge in [0.05, 0.1) is 10.6 Å². The second-order valence-electron chi connectivity index (χ2n) is 8.64. The SMILES string of the molecule is Cc1cc(C)c(S(=O)(=O)N2CCC(c3cc4n(n3)CCCN(C)C4=O)CC2)cc1C. The van der Waals surface area contributed by atoms with Crippen molar-refractivity contribution in [3.63, 3.8) is 0 Å². The molecular weight excluding hydrogens is 400 g/mol. The summed E-state index contributed by atoms with van der Waals surface area (Å²) in [6.07, 6.45) is 2.32. The van der Waals surface area contributed by atoms with E-state index in [9.17, 15) is 13.2 Å². The Morgan fingerprint density at radius 2 is 1.60 bits per heavy atom. The van der Waals surface area contributed by atoms with Crippen LogP contribution in [-0.2, 0) is 16.6 Å². The lowest BCUT2D eigenvalue weighted by Crippen LogP contribution is -2.38. The van der Waals surface area contributed by atoms with Crippen LogP contribution in [0.5, 0.6) is 0 Å². The van der Waals surface area contributed by atoms with Gasteiger partial charge in [0.25, 0.3) is 5.91 Å². The molecule has 1 saturated heterocycles. The zero-order chi connectivity index (χ0) is 21.6. The van der Waals surface area contributed by atoms with E-state index in [4.69, 9.17) is 5.10 Å². The fourth-order valence-electron chi connectivity index (χ4n) is 4.48. The number of aryl methyl sites for hydroxylation is 4. The molecule has 162 valence electrons. The zero-order valence-corrected chi connectivity index (χ0v) is 19.0. The number of amides is 1. The minimum atomic E-state index is -3.51. The van der Waals surface area contributed by atoms with Crippen molar-refractivity contribution in [3.8, 4) is 0 Å². The molecular formula is C22H30N4O3S. The van der Waals surface area contributed by atoms with Crippen molar-refractivity contribution >= 4 is 15.9 Å². The van der Waals surface area contributed by atoms with E-state index >= 15 is 0 Å². The Morgan fingerprint density at radius 3 is 2.30 bits per heavy atom. The van der Waals surface area contributed by atoms with Crippen LogP contribution in [0.4, 0.5) is 0 Å². The van der Waals surface area contributed by atoms with Crippen molar-refractivity contribution in [2.45, 2.75) is 57.4 Å². The van der Waals surface area contributed by atoms with Gasteiger partial charge in [0, 0.05) is 39.1 Å². The zero-order valence-electron chi connectivity index (χ0n) is 18.2. The lowest BCUT2D eigenvalue weighted by Gasteiger charge is -2.31. The molecule has 0 N–H and O–H groups in total. The van der Waals surface area contributed by atoms with Crippen LogP contribution < -0.4 is 0 Å². The third-order valence-electron chi connectivity index (χ3n) is 6.51. The molecule has 30 heavy (non-hydrogen) atoms. The van der Waals surface area contributed by atoms with Gasteiger partial charge in [0.15, 0.2) is 0 Å². The molecule has 0 spiro atoms. The molecule has 0 bridgehead atoms. The van der Waals surface area contributed by atoms with Crippen molar-refractivity contribution < 1.29 is 13.2 Å². The Hall–Kier alpha value is -2.19. The molecule has 3 heterocycles. The van der Waals surface area contributed by atoms with Crippen LogP contribution >= 0.6 is 0 Å². The van der Waals surface area contributed by atoms with Crippen molar-refractivity contribution in [1.29, 1.82) is 0 Å². The Morgan fingerprint density at radius 1 is 0.933 bits per heavy atom. The van der Waals surface area contributed by atoms with E-state index in [2.05, 4.69) is 0 Å². The van der Waals surface area contributed by atoms with Crippen LogP contribution in [0.25, 0.3) is 0 Å². The van der Waals surface area contributed by atoms with Crippen LogP contribution in [0.3, 0.4) is 0 Å². The second kappa shape index (κ2) is 7.81. The molecule has 0 radical (unpaired) electrons. The van der Waals surface area contributed by atoms with E-state index in [1.165, 1.54) is 0 Å². The van der Waals surface area contributed by atoms with E-state index < -0.39 is 10.0 Å². The summed E-state index contributed by atoms with van der Waals surface area (Å²) in [6.45, 7) is 8.22. The van der Waals surface area contributed by atoms with Gasteiger partial charge < -0.3 is 4.90 Å². The van der Waals surface area contributed by atoms with Gasteiger partial charge in [-0.1, -0.05) is 6.07 Å². The first-order chi connectivity index (χ1) is 14.2. The predicted octanol–water partition coefficient (Wildman–Crippen LogP) is 2.85. The second-order valence-corrected chi connectivity index (χ2v) is 10.5. The molecule has 1 amide bonds. The summed E-state index contributed by atoms with van der Waals surface area (Å²) < 4.78 is 29.9. The van der Waals surface area contributed by atoms with Gasteiger partial charge in [-0.05, 0) is 68.9 Å². The molecule has 0 aliphatic carbocycles. The fourth-order valence-corrected chi connectivity index (χ4v) is 6.24. The third-order valence-corrected chi connectivity index (χ3v) is 8.55. The number of carbonyl (C=O) groups excluding carboxylic acids is 1. The summed E-state index contributed by atoms with van der Waals surface area (Å²) >= 11 is 0. The average Bonchev–Trinajstić information content (AvgIpc) is 3.08. The van der Waals surface area contributed by atoms with Gasteiger partial charge in [0.1, 0.15) is 5.69 Å². The topological polar surface area (TPSA) is 75.5 Å². The van der Waals surface area contributed by atoms with Crippen molar-refractivity contribution in [2.24, 2.45) is 0 Å². The number of nitrogens with zero attached hydrogens (tertiary/aromatic N) is 4. The van der Waals surface area contributed by atoms with Crippen molar-refractivity contribution in [3.05, 3.63) is 46.3 Å². The van der Waals surface area contributed by atoms with Crippen molar-refractivity contribution in [2.75, 3.05) is 26.7 Å². The van der Waals surface area contributed by atoms with Gasteiger partial charge in [-0.2, -0.15) is 9.40 Å². The monoisotopic (exact) mass is 430 g/mol. The lowest BCUT2D eigenvalue weighted by molar-refractivity contribution is 0.0796. The summed E-state index contributed by atoms with van der Waals surface area (Å²) in [7, 11) is -1.69. The highest BCUT2D eigenvalue weighted by atomic mass is 32.2. The molecule has 0 atom stereocenters. The number of sulfonamides is 1. The van der Waals surface area contributed by atoms with Gasteiger partial charge in [-0.25, -0.2) is 8.42 Å². The molecule has 0 unspecified atom stereocenters. The molecule has 1 aromatic carbocycles. The van der Waals surface area contributed by atoms with Crippen molar-refractivity contribution in [1.82, 2.24) is 19.0 Å². The molecule has 1 aromatic heterocycles. The van der Waals surface area contributed by atoms with E-state index in [1.54, 1.807) is 15.3 Å². The normalized spacial score (nSPS) is 19.1. The number of fused-ring (bicyclic) bond motifs is 1. The first kappa shape index (κ1) is 21.1. The number of rotatable bonds is 3. The standard InChI is InChI=1S/C22H30N4O3S/c1-15-12-17(3)21(13-16(15)2)30(28,29)25-10-6-18(7-11-25)19-14-20-22(27)24(4)8-5-9-26(20)23-19/h12-14,18H,5-11H2,1-4H3. The number of aromatic nitrogens is 2. The highest BCUT2D eigenvalue weighted by Gasteiger charge is 2.33. The largest absolute Gasteiger partial charge is 0.340 e. The average molecular weight is 431 g/mol. The van der Waals surface area contributed by atoms with Crippen LogP contribution in [0.1, 0.15) is 58.1 Å². The van der Waals surface area contributed by atoms with Crippen LogP contribution in [0.2, 0.25) is 0 Å². The Labute approximate surface area is 178 Å². The summed E-state index contributed by atoms with van der Waals surface area (Å²) in [5, 5.41) is 4.70. The lowest BCUT2D eigenvalue weighted by atomic mass is 9.94. The van der Waals surface area contributed by atoms with Gasteiger partial charge in [-0.15, -0.1) is 0 Å². The fraction of sp³-hybridized carbons (Fsp3) is 0.545. The first-order valence-corrected chi connectivity index (χ1v) is 12.0. The molecule has 7 nitrogen and oxygen atoms in total. The molecule has 2 aliphatic heterocycles. The molecule has 2 aliphatic rings. The maximum Gasteiger partial charge on any atom is 0.271 e. The minimum absolute atomic E-state index is 0.0106. The van der Waals surface area contributed by atoms with Gasteiger partial charge >= 0.3 is 0 Å². The van der Waals surface area contributed by atoms with E-state index in [0.29, 0.717) is 36.5 Å². The minimum Gasteiger partial charge on any atom is -0.340 e. The Bertz CT molecular complexity index is 1080. The predicted molar refractivity (Wildman–Crippen MR) is 115 cm³/mol. The van der Waals surface area contributed by atoms with Gasteiger partial charge in [0.2, 0.25) is 10.0 Å². The first-order valence-electron chi connectivity index (χ1n) is 10.6. The number of hydrogen-bond donors (Lipinski definition) is 0.